The molecule has 0 aliphatic rings. The largest absolute Gasteiger partial charge is 1.00 e. The summed E-state index contributed by atoms with van der Waals surface area (Å²) in [5.41, 5.74) is 0.929. The molecule has 1 N–H and O–H groups in total. The highest BCUT2D eigenvalue weighted by Crippen LogP contribution is 2.02. The first-order valence-electron chi connectivity index (χ1n) is 6.03. The second-order valence-electron chi connectivity index (χ2n) is 4.03. The molecule has 0 amide bonds. The van der Waals surface area contributed by atoms with Crippen molar-refractivity contribution in [3.63, 3.8) is 0 Å². The summed E-state index contributed by atoms with van der Waals surface area (Å²) < 4.78 is 2.14. The van der Waals surface area contributed by atoms with Crippen LogP contribution in [0.2, 0.25) is 0 Å². The predicted molar refractivity (Wildman–Crippen MR) is 64.8 cm³/mol. The van der Waals surface area contributed by atoms with E-state index in [1.54, 1.807) is 0 Å². The molecule has 0 aliphatic heterocycles. The van der Waals surface area contributed by atoms with Gasteiger partial charge in [0, 0.05) is 12.5 Å². The third-order valence-corrected chi connectivity index (χ3v) is 2.61. The summed E-state index contributed by atoms with van der Waals surface area (Å²) in [5.74, 6) is 0. The highest BCUT2D eigenvalue weighted by Gasteiger charge is 2.00. The zero-order chi connectivity index (χ0) is 11.6. The van der Waals surface area contributed by atoms with E-state index < -0.39 is 0 Å². The van der Waals surface area contributed by atoms with Crippen molar-refractivity contribution in [3.8, 4) is 0 Å². The van der Waals surface area contributed by atoms with Crippen molar-refractivity contribution in [3.05, 3.63) is 30.1 Å². The molecule has 1 rings (SSSR count). The van der Waals surface area contributed by atoms with E-state index in [1.807, 2.05) is 18.3 Å². The van der Waals surface area contributed by atoms with Gasteiger partial charge in [-0.05, 0) is 12.5 Å². The molecule has 1 aromatic rings. The monoisotopic (exact) mass is 348 g/mol. The number of pyridine rings is 1. The van der Waals surface area contributed by atoms with Crippen LogP contribution in [0, 0.1) is 0 Å². The maximum atomic E-state index is 8.44. The molecule has 0 unspecified atom stereocenters. The first-order chi connectivity index (χ1) is 7.86. The number of unbranched alkanes of at least 4 members (excludes halogenated alkanes) is 4. The van der Waals surface area contributed by atoms with Gasteiger partial charge in [0.15, 0.2) is 12.4 Å². The molecular weight excluding hydrogens is 327 g/mol. The molecule has 0 saturated heterocycles. The molecule has 1 aromatic heterocycles. The van der Waals surface area contributed by atoms with Crippen LogP contribution in [0.4, 0.5) is 0 Å². The normalized spacial score (nSPS) is 10.4. The van der Waals surface area contributed by atoms with Crippen LogP contribution in [0.15, 0.2) is 29.7 Å². The number of hydrogen-bond acceptors (Lipinski definition) is 2. The van der Waals surface area contributed by atoms with Gasteiger partial charge in [-0.1, -0.05) is 31.3 Å². The Morgan fingerprint density at radius 2 is 2.06 bits per heavy atom. The Hall–Kier alpha value is -0.650. The number of halogens is 1. The van der Waals surface area contributed by atoms with E-state index in [0.29, 0.717) is 0 Å². The van der Waals surface area contributed by atoms with Gasteiger partial charge in [-0.3, -0.25) is 0 Å². The van der Waals surface area contributed by atoms with Gasteiger partial charge < -0.3 is 29.2 Å². The van der Waals surface area contributed by atoms with Crippen LogP contribution in [0.25, 0.3) is 0 Å². The summed E-state index contributed by atoms with van der Waals surface area (Å²) >= 11 is 0. The zero-order valence-corrected chi connectivity index (χ0v) is 12.5. The fraction of sp³-hybridized carbons (Fsp3) is 0.538. The van der Waals surface area contributed by atoms with E-state index in [4.69, 9.17) is 5.21 Å². The predicted octanol–water partition coefficient (Wildman–Crippen LogP) is -0.243. The van der Waals surface area contributed by atoms with Gasteiger partial charge in [-0.25, -0.2) is 4.57 Å². The number of oxime groups is 1. The van der Waals surface area contributed by atoms with Crippen LogP contribution in [-0.2, 0) is 6.54 Å². The second kappa shape index (κ2) is 10.5. The average molecular weight is 348 g/mol. The topological polar surface area (TPSA) is 36.5 Å². The Balaban J connectivity index is 0.00000256. The van der Waals surface area contributed by atoms with E-state index in [9.17, 15) is 0 Å². The molecule has 0 aromatic carbocycles. The summed E-state index contributed by atoms with van der Waals surface area (Å²) in [7, 11) is 0. The molecule has 3 nitrogen and oxygen atoms in total. The van der Waals surface area contributed by atoms with E-state index in [2.05, 4.69) is 22.8 Å². The molecule has 0 atom stereocenters. The smallest absolute Gasteiger partial charge is 0.177 e. The van der Waals surface area contributed by atoms with Crippen molar-refractivity contribution in [1.82, 2.24) is 0 Å². The fourth-order valence-electron chi connectivity index (χ4n) is 1.72. The number of nitrogens with zero attached hydrogens (tertiary/aromatic N) is 2. The lowest BCUT2D eigenvalue weighted by Crippen LogP contribution is -3.00. The fourth-order valence-corrected chi connectivity index (χ4v) is 1.72. The number of aryl methyl sites for hydroxylation is 1. The Kier molecular flexibility index (Phi) is 10.1. The lowest BCUT2D eigenvalue weighted by Gasteiger charge is -1.98. The van der Waals surface area contributed by atoms with E-state index in [-0.39, 0.29) is 24.0 Å². The lowest BCUT2D eigenvalue weighted by atomic mass is 10.1. The first-order valence-corrected chi connectivity index (χ1v) is 6.03. The van der Waals surface area contributed by atoms with Gasteiger partial charge in [-0.15, -0.1) is 0 Å². The van der Waals surface area contributed by atoms with E-state index in [1.165, 1.54) is 38.3 Å². The van der Waals surface area contributed by atoms with Gasteiger partial charge in [0.2, 0.25) is 0 Å². The van der Waals surface area contributed by atoms with Crippen LogP contribution in [0.1, 0.15) is 44.6 Å². The second-order valence-corrected chi connectivity index (χ2v) is 4.03. The molecule has 0 fully saturated rings. The van der Waals surface area contributed by atoms with E-state index in [0.717, 1.165) is 12.1 Å². The Labute approximate surface area is 121 Å². The molecule has 1 heterocycles. The standard InChI is InChI=1S/C13H20N2O.HI/c1-2-3-4-5-6-9-15-10-7-8-13(12-15)11-14-16;/h7-8,10-12H,2-6,9H2,1H3;1H/b14-11-;. The van der Waals surface area contributed by atoms with Gasteiger partial charge in [0.1, 0.15) is 6.54 Å². The SMILES string of the molecule is CCCCCCC[n+]1cccc(/C=N\O)c1.[I-]. The van der Waals surface area contributed by atoms with Crippen LogP contribution < -0.4 is 28.5 Å². The highest BCUT2D eigenvalue weighted by molar-refractivity contribution is 5.77. The minimum atomic E-state index is 0. The molecule has 0 saturated carbocycles. The summed E-state index contributed by atoms with van der Waals surface area (Å²) in [4.78, 5) is 0. The van der Waals surface area contributed by atoms with Crippen LogP contribution in [0.5, 0.6) is 0 Å². The van der Waals surface area contributed by atoms with Crippen molar-refractivity contribution >= 4 is 6.21 Å². The summed E-state index contributed by atoms with van der Waals surface area (Å²) in [6.45, 7) is 3.27. The van der Waals surface area contributed by atoms with Crippen molar-refractivity contribution in [2.45, 2.75) is 45.6 Å². The quantitative estimate of drug-likeness (QED) is 0.181. The van der Waals surface area contributed by atoms with Gasteiger partial charge in [0.25, 0.3) is 0 Å². The molecular formula is C13H21IN2O. The van der Waals surface area contributed by atoms with Crippen molar-refractivity contribution in [2.24, 2.45) is 5.16 Å². The summed E-state index contributed by atoms with van der Waals surface area (Å²) in [6.07, 6.45) is 12.0. The molecule has 0 spiro atoms. The van der Waals surface area contributed by atoms with Crippen LogP contribution >= 0.6 is 0 Å². The maximum Gasteiger partial charge on any atom is 0.177 e. The molecule has 17 heavy (non-hydrogen) atoms. The van der Waals surface area contributed by atoms with Gasteiger partial charge in [0.05, 0.1) is 11.8 Å². The molecule has 0 bridgehead atoms. The third kappa shape index (κ3) is 7.31. The molecule has 4 heteroatoms. The average Bonchev–Trinajstić information content (AvgIpc) is 2.30. The lowest BCUT2D eigenvalue weighted by molar-refractivity contribution is -0.697. The zero-order valence-electron chi connectivity index (χ0n) is 10.3. The molecule has 0 aliphatic carbocycles. The van der Waals surface area contributed by atoms with E-state index >= 15 is 0 Å². The van der Waals surface area contributed by atoms with Crippen molar-refractivity contribution < 1.29 is 33.8 Å². The van der Waals surface area contributed by atoms with Crippen LogP contribution in [0.3, 0.4) is 0 Å². The van der Waals surface area contributed by atoms with Gasteiger partial charge in [-0.2, -0.15) is 0 Å². The third-order valence-electron chi connectivity index (χ3n) is 2.61. The number of aromatic nitrogens is 1. The van der Waals surface area contributed by atoms with Crippen LogP contribution in [-0.4, -0.2) is 11.4 Å². The Morgan fingerprint density at radius 3 is 2.76 bits per heavy atom. The minimum absolute atomic E-state index is 0. The highest BCUT2D eigenvalue weighted by atomic mass is 127. The van der Waals surface area contributed by atoms with Gasteiger partial charge >= 0.3 is 0 Å². The van der Waals surface area contributed by atoms with Crippen molar-refractivity contribution in [2.75, 3.05) is 0 Å². The Morgan fingerprint density at radius 1 is 1.29 bits per heavy atom. The first kappa shape index (κ1) is 16.4. The summed E-state index contributed by atoms with van der Waals surface area (Å²) in [5, 5.41) is 11.5. The minimum Gasteiger partial charge on any atom is -1.00 e. The number of rotatable bonds is 7. The molecule has 96 valence electrons. The maximum absolute atomic E-state index is 8.44. The molecule has 0 radical (unpaired) electrons. The Bertz CT molecular complexity index is 329. The number of hydrogen-bond donors (Lipinski definition) is 1. The van der Waals surface area contributed by atoms with Crippen molar-refractivity contribution in [1.29, 1.82) is 0 Å². The summed E-state index contributed by atoms with van der Waals surface area (Å²) in [6, 6.07) is 3.90.